The van der Waals surface area contributed by atoms with E-state index < -0.39 is 0 Å². The summed E-state index contributed by atoms with van der Waals surface area (Å²) in [4.78, 5) is 11.3. The molecule has 0 fully saturated rings. The summed E-state index contributed by atoms with van der Waals surface area (Å²) in [5.74, 6) is 0.0271. The lowest BCUT2D eigenvalue weighted by Gasteiger charge is -2.06. The summed E-state index contributed by atoms with van der Waals surface area (Å²) >= 11 is 0. The number of fused-ring (bicyclic) bond motifs is 1. The lowest BCUT2D eigenvalue weighted by atomic mass is 10.0. The van der Waals surface area contributed by atoms with E-state index in [2.05, 4.69) is 12.2 Å². The van der Waals surface area contributed by atoms with Crippen molar-refractivity contribution >= 4 is 5.91 Å². The molecule has 1 aliphatic rings. The first-order chi connectivity index (χ1) is 5.83. The Kier molecular flexibility index (Phi) is 1.61. The molecule has 2 nitrogen and oxygen atoms in total. The maximum Gasteiger partial charge on any atom is 0.252 e. The monoisotopic (exact) mass is 160 g/mol. The largest absolute Gasteiger partial charge is 0.345 e. The van der Waals surface area contributed by atoms with Crippen LogP contribution in [0.5, 0.6) is 0 Å². The van der Waals surface area contributed by atoms with Gasteiger partial charge >= 0.3 is 0 Å². The van der Waals surface area contributed by atoms with Crippen LogP contribution < -0.4 is 5.32 Å². The number of carbonyl (C=O) groups is 1. The van der Waals surface area contributed by atoms with Gasteiger partial charge in [0, 0.05) is 5.56 Å². The van der Waals surface area contributed by atoms with Crippen LogP contribution in [0.2, 0.25) is 0 Å². The number of benzene rings is 1. The van der Waals surface area contributed by atoms with Crippen LogP contribution in [0.3, 0.4) is 0 Å². The lowest BCUT2D eigenvalue weighted by Crippen LogP contribution is -2.18. The molecular weight excluding hydrogens is 150 g/mol. The van der Waals surface area contributed by atoms with E-state index in [9.17, 15) is 4.79 Å². The smallest absolute Gasteiger partial charge is 0.252 e. The van der Waals surface area contributed by atoms with Gasteiger partial charge in [0.05, 0.1) is 6.04 Å². The van der Waals surface area contributed by atoms with E-state index in [0.29, 0.717) is 6.42 Å². The normalized spacial score (nSPS) is 20.4. The van der Waals surface area contributed by atoms with E-state index in [0.717, 1.165) is 11.1 Å². The molecule has 1 aromatic carbocycles. The Balaban J connectivity index is 2.50. The maximum absolute atomic E-state index is 11.3. The summed E-state index contributed by atoms with van der Waals surface area (Å²) in [5, 5.41) is 2.87. The molecule has 0 aliphatic carbocycles. The summed E-state index contributed by atoms with van der Waals surface area (Å²) in [6.45, 7) is 3.79. The van der Waals surface area contributed by atoms with Crippen molar-refractivity contribution in [1.82, 2.24) is 5.32 Å². The highest BCUT2D eigenvalue weighted by Gasteiger charge is 2.25. The Labute approximate surface area is 71.6 Å². The quantitative estimate of drug-likeness (QED) is 0.665. The number of hydrogen-bond acceptors (Lipinski definition) is 1. The number of rotatable bonds is 1. The zero-order valence-corrected chi connectivity index (χ0v) is 6.71. The fraction of sp³-hybridized carbons (Fsp3) is 0.200. The van der Waals surface area contributed by atoms with Crippen LogP contribution in [0.1, 0.15) is 28.4 Å². The van der Waals surface area contributed by atoms with Crippen molar-refractivity contribution in [3.63, 3.8) is 0 Å². The molecule has 0 saturated carbocycles. The van der Waals surface area contributed by atoms with Gasteiger partial charge in [0.15, 0.2) is 0 Å². The average Bonchev–Trinajstić information content (AvgIpc) is 2.44. The van der Waals surface area contributed by atoms with Gasteiger partial charge in [0.25, 0.3) is 5.91 Å². The van der Waals surface area contributed by atoms with Crippen molar-refractivity contribution in [2.24, 2.45) is 0 Å². The van der Waals surface area contributed by atoms with E-state index >= 15 is 0 Å². The van der Waals surface area contributed by atoms with Gasteiger partial charge in [-0.2, -0.15) is 0 Å². The van der Waals surface area contributed by atoms with E-state index in [1.54, 1.807) is 0 Å². The number of carbonyl (C=O) groups excluding carboxylic acids is 1. The molecule has 2 rings (SSSR count). The molecule has 61 valence electrons. The molecule has 1 aliphatic heterocycles. The van der Waals surface area contributed by atoms with Crippen molar-refractivity contribution in [3.8, 4) is 0 Å². The summed E-state index contributed by atoms with van der Waals surface area (Å²) in [7, 11) is 0. The Morgan fingerprint density at radius 2 is 2.17 bits per heavy atom. The van der Waals surface area contributed by atoms with Gasteiger partial charge in [0.2, 0.25) is 0 Å². The summed E-state index contributed by atoms with van der Waals surface area (Å²) < 4.78 is 0. The molecule has 1 heterocycles. The topological polar surface area (TPSA) is 29.1 Å². The van der Waals surface area contributed by atoms with Gasteiger partial charge in [-0.05, 0) is 18.1 Å². The molecule has 0 bridgehead atoms. The van der Waals surface area contributed by atoms with Gasteiger partial charge in [-0.1, -0.05) is 25.1 Å². The maximum atomic E-state index is 11.3. The van der Waals surface area contributed by atoms with Crippen LogP contribution in [0.4, 0.5) is 0 Å². The fourth-order valence-corrected chi connectivity index (χ4v) is 1.55. The molecule has 2 heteroatoms. The predicted molar refractivity (Wildman–Crippen MR) is 46.6 cm³/mol. The highest BCUT2D eigenvalue weighted by molar-refractivity contribution is 5.99. The second-order valence-corrected chi connectivity index (χ2v) is 2.90. The molecular formula is C10H10NO. The fourth-order valence-electron chi connectivity index (χ4n) is 1.55. The van der Waals surface area contributed by atoms with Gasteiger partial charge in [0.1, 0.15) is 0 Å². The minimum absolute atomic E-state index is 0.0271. The Hall–Kier alpha value is -1.31. The van der Waals surface area contributed by atoms with E-state index in [-0.39, 0.29) is 11.9 Å². The van der Waals surface area contributed by atoms with E-state index in [1.807, 2.05) is 24.3 Å². The predicted octanol–water partition coefficient (Wildman–Crippen LogP) is 1.70. The molecule has 1 unspecified atom stereocenters. The Morgan fingerprint density at radius 3 is 2.92 bits per heavy atom. The Morgan fingerprint density at radius 1 is 1.42 bits per heavy atom. The SMILES string of the molecule is [CH2]CC1NC(=O)c2ccccc21. The molecule has 1 N–H and O–H groups in total. The zero-order chi connectivity index (χ0) is 8.55. The van der Waals surface area contributed by atoms with Crippen molar-refractivity contribution in [2.75, 3.05) is 0 Å². The van der Waals surface area contributed by atoms with Gasteiger partial charge in [-0.15, -0.1) is 0 Å². The van der Waals surface area contributed by atoms with Crippen LogP contribution in [0.15, 0.2) is 24.3 Å². The highest BCUT2D eigenvalue weighted by atomic mass is 16.2. The van der Waals surface area contributed by atoms with Crippen LogP contribution in [0.25, 0.3) is 0 Å². The standard InChI is InChI=1S/C10H10NO/c1-2-9-7-5-3-4-6-8(7)10(12)11-9/h3-6,9H,1-2H2,(H,11,12). The van der Waals surface area contributed by atoms with Crippen LogP contribution in [0, 0.1) is 6.92 Å². The molecule has 0 aromatic heterocycles. The number of nitrogens with one attached hydrogen (secondary N) is 1. The van der Waals surface area contributed by atoms with Gasteiger partial charge in [-0.25, -0.2) is 0 Å². The summed E-state index contributed by atoms with van der Waals surface area (Å²) in [5.41, 5.74) is 1.88. The second-order valence-electron chi connectivity index (χ2n) is 2.90. The van der Waals surface area contributed by atoms with Gasteiger partial charge < -0.3 is 5.32 Å². The minimum atomic E-state index is 0.0271. The van der Waals surface area contributed by atoms with Gasteiger partial charge in [-0.3, -0.25) is 4.79 Å². The third-order valence-electron chi connectivity index (χ3n) is 2.17. The molecule has 1 amide bonds. The minimum Gasteiger partial charge on any atom is -0.345 e. The molecule has 0 saturated heterocycles. The summed E-state index contributed by atoms with van der Waals surface area (Å²) in [6.07, 6.45) is 0.711. The number of hydrogen-bond donors (Lipinski definition) is 1. The Bertz CT molecular complexity index is 319. The zero-order valence-electron chi connectivity index (χ0n) is 6.71. The number of amides is 1. The third-order valence-corrected chi connectivity index (χ3v) is 2.17. The summed E-state index contributed by atoms with van der Waals surface area (Å²) in [6, 6.07) is 7.77. The molecule has 1 aromatic rings. The van der Waals surface area contributed by atoms with Crippen LogP contribution in [-0.2, 0) is 0 Å². The second kappa shape index (κ2) is 2.63. The van der Waals surface area contributed by atoms with Crippen molar-refractivity contribution in [1.29, 1.82) is 0 Å². The first kappa shape index (κ1) is 7.35. The molecule has 0 spiro atoms. The average molecular weight is 160 g/mol. The van der Waals surface area contributed by atoms with E-state index in [4.69, 9.17) is 0 Å². The van der Waals surface area contributed by atoms with Crippen LogP contribution in [-0.4, -0.2) is 5.91 Å². The highest BCUT2D eigenvalue weighted by Crippen LogP contribution is 2.26. The first-order valence-corrected chi connectivity index (χ1v) is 4.02. The first-order valence-electron chi connectivity index (χ1n) is 4.02. The van der Waals surface area contributed by atoms with Crippen molar-refractivity contribution in [3.05, 3.63) is 42.3 Å². The van der Waals surface area contributed by atoms with Crippen molar-refractivity contribution < 1.29 is 4.79 Å². The lowest BCUT2D eigenvalue weighted by molar-refractivity contribution is 0.0956. The molecule has 12 heavy (non-hydrogen) atoms. The van der Waals surface area contributed by atoms with Crippen LogP contribution >= 0.6 is 0 Å². The molecule has 1 atom stereocenters. The third kappa shape index (κ3) is 0.916. The van der Waals surface area contributed by atoms with E-state index in [1.165, 1.54) is 0 Å². The van der Waals surface area contributed by atoms with Crippen molar-refractivity contribution in [2.45, 2.75) is 12.5 Å². The molecule has 1 radical (unpaired) electrons.